The van der Waals surface area contributed by atoms with E-state index in [1.165, 1.54) is 19.3 Å². The normalized spacial score (nSPS) is 20.8. The number of nitrogens with two attached hydrogens (primary N) is 1. The average Bonchev–Trinajstić information content (AvgIpc) is 2.57. The summed E-state index contributed by atoms with van der Waals surface area (Å²) >= 11 is 0. The number of hydrogen-bond acceptors (Lipinski definition) is 4. The van der Waals surface area contributed by atoms with Gasteiger partial charge in [-0.1, -0.05) is 13.8 Å². The highest BCUT2D eigenvalue weighted by Crippen LogP contribution is 2.26. The van der Waals surface area contributed by atoms with E-state index in [1.807, 2.05) is 6.92 Å². The molecule has 1 aliphatic rings. The quantitative estimate of drug-likeness (QED) is 0.874. The van der Waals surface area contributed by atoms with E-state index in [-0.39, 0.29) is 0 Å². The molecule has 1 aromatic heterocycles. The zero-order chi connectivity index (χ0) is 13.1. The molecule has 0 bridgehead atoms. The first-order valence-electron chi connectivity index (χ1n) is 6.99. The highest BCUT2D eigenvalue weighted by Gasteiger charge is 2.18. The van der Waals surface area contributed by atoms with Crippen LogP contribution in [0.15, 0.2) is 0 Å². The largest absolute Gasteiger partial charge is 0.383 e. The fourth-order valence-electron chi connectivity index (χ4n) is 2.51. The minimum atomic E-state index is 0.633. The van der Waals surface area contributed by atoms with Gasteiger partial charge >= 0.3 is 0 Å². The van der Waals surface area contributed by atoms with Crippen molar-refractivity contribution in [3.8, 4) is 0 Å². The third-order valence-corrected chi connectivity index (χ3v) is 3.84. The summed E-state index contributed by atoms with van der Waals surface area (Å²) in [7, 11) is 0. The summed E-state index contributed by atoms with van der Waals surface area (Å²) < 4.78 is 0. The molecule has 100 valence electrons. The number of aromatic nitrogens is 2. The topological polar surface area (TPSA) is 55.0 Å². The number of aryl methyl sites for hydroxylation is 1. The predicted octanol–water partition coefficient (Wildman–Crippen LogP) is 2.56. The second-order valence-corrected chi connectivity index (χ2v) is 5.35. The van der Waals surface area contributed by atoms with Gasteiger partial charge in [0.15, 0.2) is 0 Å². The summed E-state index contributed by atoms with van der Waals surface area (Å²) in [6, 6.07) is 0. The fourth-order valence-corrected chi connectivity index (χ4v) is 2.51. The highest BCUT2D eigenvalue weighted by atomic mass is 15.2. The van der Waals surface area contributed by atoms with Crippen molar-refractivity contribution in [1.29, 1.82) is 0 Å². The van der Waals surface area contributed by atoms with Crippen molar-refractivity contribution in [2.75, 3.05) is 23.7 Å². The molecule has 4 heteroatoms. The summed E-state index contributed by atoms with van der Waals surface area (Å²) in [5.74, 6) is 3.35. The van der Waals surface area contributed by atoms with Crippen LogP contribution in [0.3, 0.4) is 0 Å². The molecule has 0 radical (unpaired) electrons. The lowest BCUT2D eigenvalue weighted by molar-refractivity contribution is 0.521. The Bertz CT molecular complexity index is 417. The van der Waals surface area contributed by atoms with E-state index in [0.717, 1.165) is 42.6 Å². The first-order chi connectivity index (χ1) is 8.61. The van der Waals surface area contributed by atoms with E-state index in [2.05, 4.69) is 28.7 Å². The fraction of sp³-hybridized carbons (Fsp3) is 0.714. The van der Waals surface area contributed by atoms with Gasteiger partial charge in [0.25, 0.3) is 0 Å². The first-order valence-corrected chi connectivity index (χ1v) is 6.99. The third kappa shape index (κ3) is 2.74. The molecule has 2 N–H and O–H groups in total. The van der Waals surface area contributed by atoms with Crippen LogP contribution in [0.25, 0.3) is 0 Å². The van der Waals surface area contributed by atoms with Crippen molar-refractivity contribution in [1.82, 2.24) is 9.97 Å². The summed E-state index contributed by atoms with van der Waals surface area (Å²) in [4.78, 5) is 11.4. The summed E-state index contributed by atoms with van der Waals surface area (Å²) in [5, 5.41) is 0. The molecule has 1 saturated heterocycles. The SMILES string of the molecule is CCc1nc(N)c(C)c(N2CCCC(C)CC2)n1. The molecule has 1 atom stereocenters. The van der Waals surface area contributed by atoms with Gasteiger partial charge in [-0.15, -0.1) is 0 Å². The number of nitrogen functional groups attached to an aromatic ring is 1. The molecule has 2 rings (SSSR count). The van der Waals surface area contributed by atoms with Crippen LogP contribution < -0.4 is 10.6 Å². The molecule has 0 aromatic carbocycles. The van der Waals surface area contributed by atoms with Gasteiger partial charge in [0.05, 0.1) is 0 Å². The molecule has 2 heterocycles. The van der Waals surface area contributed by atoms with Crippen molar-refractivity contribution in [3.63, 3.8) is 0 Å². The van der Waals surface area contributed by atoms with Crippen LogP contribution in [0, 0.1) is 12.8 Å². The van der Waals surface area contributed by atoms with E-state index < -0.39 is 0 Å². The van der Waals surface area contributed by atoms with Crippen LogP contribution >= 0.6 is 0 Å². The lowest BCUT2D eigenvalue weighted by Gasteiger charge is -2.24. The number of anilines is 2. The van der Waals surface area contributed by atoms with Crippen molar-refractivity contribution in [2.24, 2.45) is 5.92 Å². The van der Waals surface area contributed by atoms with Crippen LogP contribution in [0.4, 0.5) is 11.6 Å². The molecule has 4 nitrogen and oxygen atoms in total. The maximum Gasteiger partial charge on any atom is 0.137 e. The van der Waals surface area contributed by atoms with E-state index >= 15 is 0 Å². The Morgan fingerprint density at radius 1 is 1.28 bits per heavy atom. The van der Waals surface area contributed by atoms with Gasteiger partial charge in [0.2, 0.25) is 0 Å². The van der Waals surface area contributed by atoms with Crippen molar-refractivity contribution in [3.05, 3.63) is 11.4 Å². The lowest BCUT2D eigenvalue weighted by atomic mass is 10.0. The lowest BCUT2D eigenvalue weighted by Crippen LogP contribution is -2.27. The van der Waals surface area contributed by atoms with Crippen LogP contribution in [0.5, 0.6) is 0 Å². The first kappa shape index (κ1) is 13.1. The summed E-state index contributed by atoms with van der Waals surface area (Å²) in [6.07, 6.45) is 4.63. The maximum atomic E-state index is 5.99. The average molecular weight is 248 g/mol. The Kier molecular flexibility index (Phi) is 4.04. The van der Waals surface area contributed by atoms with E-state index in [4.69, 9.17) is 5.73 Å². The van der Waals surface area contributed by atoms with Gasteiger partial charge in [-0.2, -0.15) is 0 Å². The monoisotopic (exact) mass is 248 g/mol. The highest BCUT2D eigenvalue weighted by molar-refractivity contribution is 5.56. The van der Waals surface area contributed by atoms with Gasteiger partial charge in [-0.05, 0) is 32.1 Å². The van der Waals surface area contributed by atoms with Gasteiger partial charge in [-0.25, -0.2) is 9.97 Å². The molecule has 0 amide bonds. The van der Waals surface area contributed by atoms with Gasteiger partial charge in [0, 0.05) is 25.1 Å². The van der Waals surface area contributed by atoms with Crippen LogP contribution in [0.2, 0.25) is 0 Å². The van der Waals surface area contributed by atoms with Crippen molar-refractivity contribution in [2.45, 2.75) is 46.5 Å². The van der Waals surface area contributed by atoms with Gasteiger partial charge in [-0.3, -0.25) is 0 Å². The predicted molar refractivity (Wildman–Crippen MR) is 75.8 cm³/mol. The summed E-state index contributed by atoms with van der Waals surface area (Å²) in [5.41, 5.74) is 7.02. The smallest absolute Gasteiger partial charge is 0.137 e. The second-order valence-electron chi connectivity index (χ2n) is 5.35. The molecule has 1 aromatic rings. The van der Waals surface area contributed by atoms with Crippen LogP contribution in [-0.4, -0.2) is 23.1 Å². The third-order valence-electron chi connectivity index (χ3n) is 3.84. The second kappa shape index (κ2) is 5.55. The zero-order valence-electron chi connectivity index (χ0n) is 11.7. The maximum absolute atomic E-state index is 5.99. The number of hydrogen-bond donors (Lipinski definition) is 1. The van der Waals surface area contributed by atoms with Crippen LogP contribution in [-0.2, 0) is 6.42 Å². The Hall–Kier alpha value is -1.32. The molecule has 1 unspecified atom stereocenters. The van der Waals surface area contributed by atoms with E-state index in [9.17, 15) is 0 Å². The Morgan fingerprint density at radius 2 is 2.06 bits per heavy atom. The molecule has 18 heavy (non-hydrogen) atoms. The Labute approximate surface area is 110 Å². The number of rotatable bonds is 2. The minimum absolute atomic E-state index is 0.633. The molecule has 0 spiro atoms. The molecule has 1 fully saturated rings. The van der Waals surface area contributed by atoms with Crippen molar-refractivity contribution >= 4 is 11.6 Å². The molecular formula is C14H24N4. The molecule has 0 saturated carbocycles. The van der Waals surface area contributed by atoms with Crippen molar-refractivity contribution < 1.29 is 0 Å². The zero-order valence-corrected chi connectivity index (χ0v) is 11.7. The van der Waals surface area contributed by atoms with E-state index in [0.29, 0.717) is 5.82 Å². The number of nitrogens with zero attached hydrogens (tertiary/aromatic N) is 3. The Morgan fingerprint density at radius 3 is 2.78 bits per heavy atom. The molecule has 0 aliphatic carbocycles. The molecular weight excluding hydrogens is 224 g/mol. The standard InChI is InChI=1S/C14H24N4/c1-4-12-16-13(15)11(3)14(17-12)18-8-5-6-10(2)7-9-18/h10H,4-9H2,1-3H3,(H2,15,16,17). The van der Waals surface area contributed by atoms with E-state index in [1.54, 1.807) is 0 Å². The summed E-state index contributed by atoms with van der Waals surface area (Å²) in [6.45, 7) is 8.60. The van der Waals surface area contributed by atoms with Gasteiger partial charge < -0.3 is 10.6 Å². The molecule has 1 aliphatic heterocycles. The van der Waals surface area contributed by atoms with Crippen LogP contribution in [0.1, 0.15) is 44.5 Å². The minimum Gasteiger partial charge on any atom is -0.383 e. The van der Waals surface area contributed by atoms with Gasteiger partial charge in [0.1, 0.15) is 17.5 Å². The Balaban J connectivity index is 2.28.